The summed E-state index contributed by atoms with van der Waals surface area (Å²) < 4.78 is 13.4. The number of carboxylic acids is 1. The van der Waals surface area contributed by atoms with Crippen LogP contribution in [0.3, 0.4) is 0 Å². The Bertz CT molecular complexity index is 322. The molecule has 0 fully saturated rings. The van der Waals surface area contributed by atoms with Gasteiger partial charge >= 0.3 is 5.97 Å². The van der Waals surface area contributed by atoms with Gasteiger partial charge in [-0.2, -0.15) is 0 Å². The second-order valence-corrected chi connectivity index (χ2v) is 3.74. The Morgan fingerprint density at radius 1 is 1.36 bits per heavy atom. The van der Waals surface area contributed by atoms with Gasteiger partial charge in [0, 0.05) is 0 Å². The van der Waals surface area contributed by atoms with E-state index in [1.54, 1.807) is 24.3 Å². The van der Waals surface area contributed by atoms with Gasteiger partial charge in [-0.25, -0.2) is 4.39 Å². The molecule has 2 nitrogen and oxygen atoms in total. The van der Waals surface area contributed by atoms with Gasteiger partial charge < -0.3 is 5.11 Å². The molecule has 14 heavy (non-hydrogen) atoms. The second-order valence-electron chi connectivity index (χ2n) is 3.74. The lowest BCUT2D eigenvalue weighted by atomic mass is 9.98. The maximum atomic E-state index is 13.4. The van der Waals surface area contributed by atoms with Gasteiger partial charge in [0.15, 0.2) is 0 Å². The van der Waals surface area contributed by atoms with Gasteiger partial charge in [0.25, 0.3) is 0 Å². The Morgan fingerprint density at radius 3 is 2.21 bits per heavy atom. The van der Waals surface area contributed by atoms with Crippen LogP contribution in [0.1, 0.15) is 25.0 Å². The molecule has 0 saturated heterocycles. The van der Waals surface area contributed by atoms with Gasteiger partial charge in [-0.3, -0.25) is 4.79 Å². The van der Waals surface area contributed by atoms with E-state index in [9.17, 15) is 9.18 Å². The highest BCUT2D eigenvalue weighted by molar-refractivity contribution is 5.70. The standard InChI is InChI=1S/C11H13FO2/c1-11(2,12)9-5-3-8(4-6-9)7-10(13)14/h3-6H,7H2,1-2H3,(H,13,14). The van der Waals surface area contributed by atoms with Crippen molar-refractivity contribution in [3.8, 4) is 0 Å². The minimum atomic E-state index is -1.37. The zero-order valence-corrected chi connectivity index (χ0v) is 8.25. The zero-order valence-electron chi connectivity index (χ0n) is 8.25. The summed E-state index contributed by atoms with van der Waals surface area (Å²) in [4.78, 5) is 10.4. The molecule has 1 N–H and O–H groups in total. The number of carbonyl (C=O) groups is 1. The van der Waals surface area contributed by atoms with E-state index < -0.39 is 11.6 Å². The molecular weight excluding hydrogens is 183 g/mol. The Kier molecular flexibility index (Phi) is 2.89. The van der Waals surface area contributed by atoms with Crippen LogP contribution >= 0.6 is 0 Å². The van der Waals surface area contributed by atoms with E-state index in [1.807, 2.05) is 0 Å². The summed E-state index contributed by atoms with van der Waals surface area (Å²) >= 11 is 0. The number of benzene rings is 1. The lowest BCUT2D eigenvalue weighted by molar-refractivity contribution is -0.136. The SMILES string of the molecule is CC(C)(F)c1ccc(CC(=O)O)cc1. The van der Waals surface area contributed by atoms with Crippen molar-refractivity contribution in [2.24, 2.45) is 0 Å². The lowest BCUT2D eigenvalue weighted by Crippen LogP contribution is -2.09. The van der Waals surface area contributed by atoms with Crippen LogP contribution in [-0.2, 0) is 16.9 Å². The normalized spacial score (nSPS) is 11.4. The van der Waals surface area contributed by atoms with Crippen LogP contribution in [0.2, 0.25) is 0 Å². The Balaban J connectivity index is 2.84. The molecule has 1 rings (SSSR count). The zero-order chi connectivity index (χ0) is 10.8. The highest BCUT2D eigenvalue weighted by Crippen LogP contribution is 2.24. The molecule has 0 heterocycles. The fourth-order valence-corrected chi connectivity index (χ4v) is 1.19. The van der Waals surface area contributed by atoms with Crippen molar-refractivity contribution >= 4 is 5.97 Å². The van der Waals surface area contributed by atoms with Gasteiger partial charge in [-0.15, -0.1) is 0 Å². The minimum absolute atomic E-state index is 0.0208. The Labute approximate surface area is 82.4 Å². The molecule has 0 saturated carbocycles. The van der Waals surface area contributed by atoms with E-state index in [1.165, 1.54) is 13.8 Å². The molecule has 0 aromatic heterocycles. The van der Waals surface area contributed by atoms with E-state index >= 15 is 0 Å². The molecule has 0 amide bonds. The molecule has 0 aliphatic rings. The monoisotopic (exact) mass is 196 g/mol. The number of hydrogen-bond acceptors (Lipinski definition) is 1. The van der Waals surface area contributed by atoms with Crippen LogP contribution in [0.4, 0.5) is 4.39 Å². The van der Waals surface area contributed by atoms with Crippen LogP contribution in [0.15, 0.2) is 24.3 Å². The molecule has 0 aliphatic heterocycles. The first-order chi connectivity index (χ1) is 6.39. The number of halogens is 1. The topological polar surface area (TPSA) is 37.3 Å². The third-order valence-corrected chi connectivity index (χ3v) is 2.00. The van der Waals surface area contributed by atoms with Crippen LogP contribution in [0.5, 0.6) is 0 Å². The number of carboxylic acid groups (broad SMARTS) is 1. The predicted molar refractivity (Wildman–Crippen MR) is 51.9 cm³/mol. The van der Waals surface area contributed by atoms with Gasteiger partial charge in [0.1, 0.15) is 5.67 Å². The van der Waals surface area contributed by atoms with Crippen LogP contribution < -0.4 is 0 Å². The van der Waals surface area contributed by atoms with Gasteiger partial charge in [-0.1, -0.05) is 24.3 Å². The molecule has 76 valence electrons. The van der Waals surface area contributed by atoms with E-state index in [2.05, 4.69) is 0 Å². The van der Waals surface area contributed by atoms with E-state index in [-0.39, 0.29) is 6.42 Å². The maximum Gasteiger partial charge on any atom is 0.307 e. The lowest BCUT2D eigenvalue weighted by Gasteiger charge is -2.14. The third-order valence-electron chi connectivity index (χ3n) is 2.00. The fraction of sp³-hybridized carbons (Fsp3) is 0.364. The van der Waals surface area contributed by atoms with Crippen molar-refractivity contribution in [2.75, 3.05) is 0 Å². The number of rotatable bonds is 3. The highest BCUT2D eigenvalue weighted by Gasteiger charge is 2.18. The van der Waals surface area contributed by atoms with Crippen LogP contribution in [0, 0.1) is 0 Å². The fourth-order valence-electron chi connectivity index (χ4n) is 1.19. The summed E-state index contributed by atoms with van der Waals surface area (Å²) in [6.45, 7) is 2.94. The van der Waals surface area contributed by atoms with Crippen molar-refractivity contribution in [2.45, 2.75) is 25.9 Å². The largest absolute Gasteiger partial charge is 0.481 e. The molecule has 0 bridgehead atoms. The summed E-state index contributed by atoms with van der Waals surface area (Å²) in [5.41, 5.74) is -0.126. The summed E-state index contributed by atoms with van der Waals surface area (Å²) in [6.07, 6.45) is -0.0208. The first-order valence-corrected chi connectivity index (χ1v) is 4.40. The molecule has 0 atom stereocenters. The van der Waals surface area contributed by atoms with Crippen LogP contribution in [-0.4, -0.2) is 11.1 Å². The van der Waals surface area contributed by atoms with E-state index in [0.717, 1.165) is 0 Å². The molecule has 0 spiro atoms. The van der Waals surface area contributed by atoms with E-state index in [4.69, 9.17) is 5.11 Å². The summed E-state index contributed by atoms with van der Waals surface area (Å²) in [5.74, 6) is -0.878. The number of aliphatic carboxylic acids is 1. The molecular formula is C11H13FO2. The van der Waals surface area contributed by atoms with Crippen molar-refractivity contribution in [1.82, 2.24) is 0 Å². The summed E-state index contributed by atoms with van der Waals surface area (Å²) in [6, 6.07) is 6.53. The predicted octanol–water partition coefficient (Wildman–Crippen LogP) is 2.52. The van der Waals surface area contributed by atoms with Crippen molar-refractivity contribution < 1.29 is 14.3 Å². The Hall–Kier alpha value is -1.38. The highest BCUT2D eigenvalue weighted by atomic mass is 19.1. The third kappa shape index (κ3) is 2.83. The van der Waals surface area contributed by atoms with Gasteiger partial charge in [0.2, 0.25) is 0 Å². The van der Waals surface area contributed by atoms with Crippen LogP contribution in [0.25, 0.3) is 0 Å². The molecule has 0 aliphatic carbocycles. The summed E-state index contributed by atoms with van der Waals surface area (Å²) in [5, 5.41) is 8.52. The molecule has 1 aromatic carbocycles. The first-order valence-electron chi connectivity index (χ1n) is 4.40. The van der Waals surface area contributed by atoms with Crippen molar-refractivity contribution in [3.63, 3.8) is 0 Å². The van der Waals surface area contributed by atoms with Crippen molar-refractivity contribution in [1.29, 1.82) is 0 Å². The van der Waals surface area contributed by atoms with Gasteiger partial charge in [0.05, 0.1) is 6.42 Å². The minimum Gasteiger partial charge on any atom is -0.481 e. The molecule has 3 heteroatoms. The smallest absolute Gasteiger partial charge is 0.307 e. The summed E-state index contributed by atoms with van der Waals surface area (Å²) in [7, 11) is 0. The molecule has 0 unspecified atom stereocenters. The first kappa shape index (κ1) is 10.7. The Morgan fingerprint density at radius 2 is 1.86 bits per heavy atom. The van der Waals surface area contributed by atoms with E-state index in [0.29, 0.717) is 11.1 Å². The van der Waals surface area contributed by atoms with Crippen molar-refractivity contribution in [3.05, 3.63) is 35.4 Å². The number of alkyl halides is 1. The quantitative estimate of drug-likeness (QED) is 0.806. The number of hydrogen-bond donors (Lipinski definition) is 1. The second kappa shape index (κ2) is 3.78. The molecule has 1 aromatic rings. The maximum absolute atomic E-state index is 13.4. The average Bonchev–Trinajstić information content (AvgIpc) is 2.02. The molecule has 0 radical (unpaired) electrons. The van der Waals surface area contributed by atoms with Gasteiger partial charge in [-0.05, 0) is 25.0 Å². The average molecular weight is 196 g/mol.